The number of carbonyl (C=O) groups excluding carboxylic acids is 5. The van der Waals surface area contributed by atoms with Crippen molar-refractivity contribution in [2.24, 2.45) is 11.1 Å². The average molecular weight is 996 g/mol. The summed E-state index contributed by atoms with van der Waals surface area (Å²) in [6.45, 7) is 7.37. The van der Waals surface area contributed by atoms with Gasteiger partial charge in [-0.15, -0.1) is 0 Å². The van der Waals surface area contributed by atoms with Gasteiger partial charge >= 0.3 is 6.18 Å². The van der Waals surface area contributed by atoms with E-state index < -0.39 is 29.6 Å². The maximum Gasteiger partial charge on any atom is 0.419 e. The molecule has 5 aliphatic rings. The number of halogens is 3. The number of nitrogens with two attached hydrogens (primary N) is 1. The number of aromatic nitrogens is 3. The second-order valence-electron chi connectivity index (χ2n) is 20.2. The Balaban J connectivity index is 0.687. The number of likely N-dealkylation sites (tertiary alicyclic amines) is 1. The van der Waals surface area contributed by atoms with Gasteiger partial charge in [-0.05, 0) is 93.5 Å². The van der Waals surface area contributed by atoms with E-state index in [1.807, 2.05) is 24.3 Å². The summed E-state index contributed by atoms with van der Waals surface area (Å²) in [6.07, 6.45) is 7.03. The van der Waals surface area contributed by atoms with Crippen LogP contribution in [0.1, 0.15) is 109 Å². The van der Waals surface area contributed by atoms with Gasteiger partial charge in [-0.1, -0.05) is 42.8 Å². The standard InChI is InChI=1S/C51H60F3N11O5S/c1-49(55)15-19-63(20-16-49)41-26-57-44(27-56-41)71-37-9-7-8-36(24-37)59-42(66)10-5-3-4-6-18-62-30-50(31-62)17-21-64(32-50)45-39(51(52,53)54)23-34(25-58-45)47(69)61(2)28-33-11-12-38-35(22-33)29-65(48(38)70)40-13-14-43(67)60-46(40)68/h7-9,11-12,22-27,40H,3-6,10,13-21,28-32,55H2,1-2H3,(H,59,66)(H,60,67,68). The predicted molar refractivity (Wildman–Crippen MR) is 262 cm³/mol. The lowest BCUT2D eigenvalue weighted by Gasteiger charge is -2.48. The normalized spacial score (nSPS) is 19.7. The number of benzene rings is 2. The number of rotatable bonds is 16. The molecule has 2 aromatic carbocycles. The number of pyridine rings is 1. The third-order valence-corrected chi connectivity index (χ3v) is 15.4. The van der Waals surface area contributed by atoms with Gasteiger partial charge in [-0.2, -0.15) is 13.2 Å². The molecule has 0 radical (unpaired) electrons. The zero-order valence-electron chi connectivity index (χ0n) is 40.1. The first kappa shape index (κ1) is 49.8. The first-order chi connectivity index (χ1) is 33.9. The quantitative estimate of drug-likeness (QED) is 0.0817. The van der Waals surface area contributed by atoms with E-state index in [4.69, 9.17) is 5.73 Å². The van der Waals surface area contributed by atoms with E-state index in [1.165, 1.54) is 34.8 Å². The summed E-state index contributed by atoms with van der Waals surface area (Å²) in [7, 11) is 1.50. The number of fused-ring (bicyclic) bond motifs is 1. The van der Waals surface area contributed by atoms with Crippen molar-refractivity contribution in [3.8, 4) is 0 Å². The lowest BCUT2D eigenvalue weighted by molar-refractivity contribution is -0.138. The number of amides is 5. The molecule has 4 fully saturated rings. The maximum absolute atomic E-state index is 14.6. The monoisotopic (exact) mass is 995 g/mol. The van der Waals surface area contributed by atoms with Crippen LogP contribution in [0.2, 0.25) is 0 Å². The number of hydrogen-bond donors (Lipinski definition) is 3. The number of unbranched alkanes of at least 4 members (excludes halogenated alkanes) is 3. The van der Waals surface area contributed by atoms with Gasteiger partial charge < -0.3 is 35.6 Å². The number of imide groups is 1. The van der Waals surface area contributed by atoms with E-state index in [1.54, 1.807) is 35.5 Å². The van der Waals surface area contributed by atoms with Gasteiger partial charge in [0.2, 0.25) is 17.7 Å². The second kappa shape index (κ2) is 20.5. The van der Waals surface area contributed by atoms with Crippen LogP contribution < -0.4 is 26.2 Å². The number of nitrogens with one attached hydrogen (secondary N) is 2. The first-order valence-corrected chi connectivity index (χ1v) is 25.2. The first-order valence-electron chi connectivity index (χ1n) is 24.4. The fourth-order valence-electron chi connectivity index (χ4n) is 10.5. The molecule has 2 aromatic heterocycles. The summed E-state index contributed by atoms with van der Waals surface area (Å²) in [5, 5.41) is 6.07. The highest BCUT2D eigenvalue weighted by Crippen LogP contribution is 2.44. The Morgan fingerprint density at radius 1 is 0.915 bits per heavy atom. The summed E-state index contributed by atoms with van der Waals surface area (Å²) in [5.41, 5.74) is 7.37. The summed E-state index contributed by atoms with van der Waals surface area (Å²) in [6, 6.07) is 12.9. The van der Waals surface area contributed by atoms with Crippen LogP contribution in [0.5, 0.6) is 0 Å². The molecule has 1 unspecified atom stereocenters. The highest BCUT2D eigenvalue weighted by atomic mass is 32.2. The number of hydrogen-bond acceptors (Lipinski definition) is 13. The van der Waals surface area contributed by atoms with Crippen LogP contribution in [0.3, 0.4) is 0 Å². The lowest BCUT2D eigenvalue weighted by Crippen LogP contribution is -2.57. The number of piperidine rings is 2. The third-order valence-electron chi connectivity index (χ3n) is 14.4. The molecule has 5 aliphatic heterocycles. The van der Waals surface area contributed by atoms with Crippen molar-refractivity contribution in [1.29, 1.82) is 0 Å². The molecule has 7 heterocycles. The highest BCUT2D eigenvalue weighted by molar-refractivity contribution is 7.99. The Hall–Kier alpha value is -6.12. The van der Waals surface area contributed by atoms with Crippen LogP contribution in [0.15, 0.2) is 77.0 Å². The van der Waals surface area contributed by atoms with Crippen LogP contribution in [0, 0.1) is 5.41 Å². The van der Waals surface area contributed by atoms with E-state index in [0.29, 0.717) is 36.2 Å². The van der Waals surface area contributed by atoms with Crippen LogP contribution in [-0.2, 0) is 33.6 Å². The van der Waals surface area contributed by atoms with Gasteiger partial charge in [0.1, 0.15) is 22.7 Å². The Morgan fingerprint density at radius 2 is 1.69 bits per heavy atom. The van der Waals surface area contributed by atoms with Crippen molar-refractivity contribution < 1.29 is 37.1 Å². The zero-order chi connectivity index (χ0) is 50.1. The van der Waals surface area contributed by atoms with E-state index in [0.717, 1.165) is 105 Å². The van der Waals surface area contributed by atoms with Crippen LogP contribution >= 0.6 is 11.8 Å². The molecule has 5 amide bonds. The molecule has 4 aromatic rings. The lowest BCUT2D eigenvalue weighted by atomic mass is 9.79. The molecular weight excluding hydrogens is 936 g/mol. The zero-order valence-corrected chi connectivity index (χ0v) is 40.9. The Bertz CT molecular complexity index is 2670. The molecule has 1 spiro atoms. The molecule has 376 valence electrons. The van der Waals surface area contributed by atoms with Crippen molar-refractivity contribution >= 4 is 58.6 Å². The molecule has 20 heteroatoms. The molecule has 1 atom stereocenters. The van der Waals surface area contributed by atoms with Crippen molar-refractivity contribution in [2.45, 2.75) is 112 Å². The molecule has 0 saturated carbocycles. The molecule has 4 N–H and O–H groups in total. The summed E-state index contributed by atoms with van der Waals surface area (Å²) >= 11 is 1.49. The molecule has 4 saturated heterocycles. The SMILES string of the molecule is CN(Cc1ccc2c(c1)CN(C1CCC(=O)NC1=O)C2=O)C(=O)c1cnc(N2CCC3(CN(CCCCCCC(=O)Nc4cccc(Sc5cnc(N6CCC(C)(N)CC6)cn5)c4)C3)C2)c(C(F)(F)F)c1. The minimum absolute atomic E-state index is 0.0336. The summed E-state index contributed by atoms with van der Waals surface area (Å²) in [4.78, 5) is 87.0. The van der Waals surface area contributed by atoms with Gasteiger partial charge in [0, 0.05) is 106 Å². The van der Waals surface area contributed by atoms with Gasteiger partial charge in [0.25, 0.3) is 11.8 Å². The van der Waals surface area contributed by atoms with E-state index in [2.05, 4.69) is 42.3 Å². The Morgan fingerprint density at radius 3 is 2.44 bits per heavy atom. The molecular formula is C51H60F3N11O5S. The third kappa shape index (κ3) is 11.7. The Kier molecular flexibility index (Phi) is 14.4. The van der Waals surface area contributed by atoms with Crippen LogP contribution in [0.4, 0.5) is 30.5 Å². The fraction of sp³-hybridized carbons (Fsp3) is 0.490. The smallest absolute Gasteiger partial charge is 0.355 e. The minimum atomic E-state index is -4.74. The molecule has 0 bridgehead atoms. The Labute approximate surface area is 415 Å². The molecule has 16 nitrogen and oxygen atoms in total. The van der Waals surface area contributed by atoms with Crippen molar-refractivity contribution in [1.82, 2.24) is 35.0 Å². The molecule has 0 aliphatic carbocycles. The molecule has 71 heavy (non-hydrogen) atoms. The van der Waals surface area contributed by atoms with Crippen molar-refractivity contribution in [3.63, 3.8) is 0 Å². The van der Waals surface area contributed by atoms with E-state index in [-0.39, 0.29) is 66.0 Å². The predicted octanol–water partition coefficient (Wildman–Crippen LogP) is 6.49. The van der Waals surface area contributed by atoms with Gasteiger partial charge in [-0.25, -0.2) is 15.0 Å². The van der Waals surface area contributed by atoms with Crippen LogP contribution in [0.25, 0.3) is 0 Å². The number of carbonyl (C=O) groups is 5. The van der Waals surface area contributed by atoms with Crippen molar-refractivity contribution in [3.05, 3.63) is 94.9 Å². The summed E-state index contributed by atoms with van der Waals surface area (Å²) in [5.74, 6) is -1.20. The number of alkyl halides is 3. The van der Waals surface area contributed by atoms with Crippen LogP contribution in [-0.4, -0.2) is 124 Å². The average Bonchev–Trinajstić information content (AvgIpc) is 3.91. The van der Waals surface area contributed by atoms with Gasteiger partial charge in [0.05, 0.1) is 23.5 Å². The van der Waals surface area contributed by atoms with Gasteiger partial charge in [0.15, 0.2) is 0 Å². The van der Waals surface area contributed by atoms with E-state index >= 15 is 0 Å². The number of anilines is 3. The minimum Gasteiger partial charge on any atom is -0.355 e. The van der Waals surface area contributed by atoms with Crippen molar-refractivity contribution in [2.75, 3.05) is 68.0 Å². The fourth-order valence-corrected chi connectivity index (χ4v) is 11.3. The second-order valence-corrected chi connectivity index (χ2v) is 21.3. The molecule has 9 rings (SSSR count). The number of nitrogens with zero attached hydrogens (tertiary/aromatic N) is 8. The highest BCUT2D eigenvalue weighted by Gasteiger charge is 2.49. The summed E-state index contributed by atoms with van der Waals surface area (Å²) < 4.78 is 43.9. The largest absolute Gasteiger partial charge is 0.419 e. The topological polar surface area (TPSA) is 190 Å². The maximum atomic E-state index is 14.6. The van der Waals surface area contributed by atoms with Gasteiger partial charge in [-0.3, -0.25) is 29.3 Å². The van der Waals surface area contributed by atoms with E-state index in [9.17, 15) is 37.1 Å².